The molecule has 2 unspecified atom stereocenters. The van der Waals surface area contributed by atoms with E-state index < -0.39 is 24.0 Å². The van der Waals surface area contributed by atoms with Crippen LogP contribution in [0.4, 0.5) is 4.79 Å². The Labute approximate surface area is 202 Å². The predicted molar refractivity (Wildman–Crippen MR) is 127 cm³/mol. The summed E-state index contributed by atoms with van der Waals surface area (Å²) in [6.45, 7) is 3.71. The van der Waals surface area contributed by atoms with Gasteiger partial charge in [-0.2, -0.15) is 0 Å². The number of nitrogens with one attached hydrogen (secondary N) is 2. The third-order valence-electron chi connectivity index (χ3n) is 6.38. The molecule has 1 heterocycles. The summed E-state index contributed by atoms with van der Waals surface area (Å²) in [4.78, 5) is 40.4. The number of carbonyl (C=O) groups excluding carboxylic acids is 2. The molecule has 1 aromatic heterocycles. The van der Waals surface area contributed by atoms with E-state index in [0.717, 1.165) is 28.6 Å². The highest BCUT2D eigenvalue weighted by molar-refractivity contribution is 5.88. The second-order valence-corrected chi connectivity index (χ2v) is 8.48. The number of aromatic nitrogens is 1. The maximum atomic E-state index is 12.9. The highest BCUT2D eigenvalue weighted by Gasteiger charge is 2.31. The van der Waals surface area contributed by atoms with E-state index in [1.807, 2.05) is 50.2 Å². The number of nitrogens with zero attached hydrogens (tertiary/aromatic N) is 1. The van der Waals surface area contributed by atoms with E-state index in [4.69, 9.17) is 14.3 Å². The zero-order valence-electron chi connectivity index (χ0n) is 19.5. The lowest BCUT2D eigenvalue weighted by Gasteiger charge is -2.23. The van der Waals surface area contributed by atoms with Crippen molar-refractivity contribution in [3.63, 3.8) is 0 Å². The second kappa shape index (κ2) is 10.4. The summed E-state index contributed by atoms with van der Waals surface area (Å²) < 4.78 is 10.6. The first-order chi connectivity index (χ1) is 16.9. The summed E-state index contributed by atoms with van der Waals surface area (Å²) >= 11 is 0. The number of oxazole rings is 1. The van der Waals surface area contributed by atoms with Crippen LogP contribution in [0.2, 0.25) is 0 Å². The monoisotopic (exact) mass is 477 g/mol. The number of carboxylic acids is 1. The molecule has 0 bridgehead atoms. The van der Waals surface area contributed by atoms with Crippen molar-refractivity contribution in [1.29, 1.82) is 0 Å². The van der Waals surface area contributed by atoms with Gasteiger partial charge in [0, 0.05) is 5.92 Å². The van der Waals surface area contributed by atoms with Crippen molar-refractivity contribution in [1.82, 2.24) is 15.6 Å². The summed E-state index contributed by atoms with van der Waals surface area (Å²) in [5, 5.41) is 14.4. The highest BCUT2D eigenvalue weighted by atomic mass is 16.5. The van der Waals surface area contributed by atoms with Gasteiger partial charge in [0.2, 0.25) is 5.91 Å². The Bertz CT molecular complexity index is 1190. The third-order valence-corrected chi connectivity index (χ3v) is 6.38. The molecule has 0 aliphatic heterocycles. The van der Waals surface area contributed by atoms with Crippen molar-refractivity contribution in [2.75, 3.05) is 6.61 Å². The molecular weight excluding hydrogens is 450 g/mol. The first-order valence-electron chi connectivity index (χ1n) is 11.5. The molecule has 0 saturated carbocycles. The van der Waals surface area contributed by atoms with Gasteiger partial charge in [-0.3, -0.25) is 4.79 Å². The molecule has 9 nitrogen and oxygen atoms in total. The minimum absolute atomic E-state index is 0.0230. The van der Waals surface area contributed by atoms with Crippen molar-refractivity contribution in [3.8, 4) is 11.1 Å². The minimum atomic E-state index is -1.25. The largest absolute Gasteiger partial charge is 0.476 e. The highest BCUT2D eigenvalue weighted by Crippen LogP contribution is 2.44. The number of carbonyl (C=O) groups is 3. The maximum absolute atomic E-state index is 12.9. The summed E-state index contributed by atoms with van der Waals surface area (Å²) in [5.74, 6) is -1.98. The molecule has 3 N–H and O–H groups in total. The van der Waals surface area contributed by atoms with E-state index >= 15 is 0 Å². The molecule has 182 valence electrons. The number of fused-ring (bicyclic) bond motifs is 3. The fourth-order valence-electron chi connectivity index (χ4n) is 4.32. The molecule has 1 aliphatic carbocycles. The number of rotatable bonds is 9. The van der Waals surface area contributed by atoms with Crippen LogP contribution in [0.3, 0.4) is 0 Å². The van der Waals surface area contributed by atoms with Crippen LogP contribution in [-0.4, -0.2) is 40.7 Å². The van der Waals surface area contributed by atoms with E-state index in [0.29, 0.717) is 6.42 Å². The van der Waals surface area contributed by atoms with Crippen molar-refractivity contribution in [2.45, 2.75) is 38.8 Å². The van der Waals surface area contributed by atoms with Gasteiger partial charge in [0.1, 0.15) is 12.6 Å². The van der Waals surface area contributed by atoms with E-state index in [9.17, 15) is 14.4 Å². The van der Waals surface area contributed by atoms with Crippen molar-refractivity contribution in [2.24, 2.45) is 5.92 Å². The van der Waals surface area contributed by atoms with Gasteiger partial charge in [0.25, 0.3) is 0 Å². The van der Waals surface area contributed by atoms with Crippen LogP contribution in [0.25, 0.3) is 11.1 Å². The molecule has 2 aromatic carbocycles. The van der Waals surface area contributed by atoms with Gasteiger partial charge in [0.05, 0.1) is 6.54 Å². The molecule has 2 atom stereocenters. The molecule has 4 rings (SSSR count). The molecule has 35 heavy (non-hydrogen) atoms. The van der Waals surface area contributed by atoms with Gasteiger partial charge in [-0.1, -0.05) is 68.8 Å². The predicted octanol–water partition coefficient (Wildman–Crippen LogP) is 3.94. The van der Waals surface area contributed by atoms with Crippen LogP contribution in [0.15, 0.2) is 59.3 Å². The van der Waals surface area contributed by atoms with Gasteiger partial charge >= 0.3 is 12.1 Å². The number of benzene rings is 2. The topological polar surface area (TPSA) is 131 Å². The third kappa shape index (κ3) is 5.03. The average molecular weight is 478 g/mol. The molecule has 1 aliphatic rings. The molecule has 3 aromatic rings. The van der Waals surface area contributed by atoms with Crippen molar-refractivity contribution < 1.29 is 28.6 Å². The zero-order chi connectivity index (χ0) is 24.9. The SMILES string of the molecule is CCC(C)C(NC(=O)OCC1c2ccccc2-c2ccccc21)C(=O)NCc1ocnc1C(=O)O. The Hall–Kier alpha value is -4.14. The smallest absolute Gasteiger partial charge is 0.407 e. The van der Waals surface area contributed by atoms with Crippen LogP contribution < -0.4 is 10.6 Å². The van der Waals surface area contributed by atoms with Crippen LogP contribution >= 0.6 is 0 Å². The van der Waals surface area contributed by atoms with Crippen molar-refractivity contribution >= 4 is 18.0 Å². The Balaban J connectivity index is 1.40. The van der Waals surface area contributed by atoms with E-state index in [1.54, 1.807) is 0 Å². The fourth-order valence-corrected chi connectivity index (χ4v) is 4.32. The van der Waals surface area contributed by atoms with E-state index in [-0.39, 0.29) is 36.4 Å². The number of hydrogen-bond acceptors (Lipinski definition) is 6. The van der Waals surface area contributed by atoms with Crippen LogP contribution in [0.1, 0.15) is 53.6 Å². The Morgan fingerprint density at radius 2 is 1.71 bits per heavy atom. The number of carboxylic acid groups (broad SMARTS) is 1. The Morgan fingerprint density at radius 3 is 2.31 bits per heavy atom. The number of aromatic carboxylic acids is 1. The lowest BCUT2D eigenvalue weighted by Crippen LogP contribution is -2.50. The maximum Gasteiger partial charge on any atom is 0.407 e. The summed E-state index contributed by atoms with van der Waals surface area (Å²) in [6, 6.07) is 15.2. The van der Waals surface area contributed by atoms with Crippen LogP contribution in [0.5, 0.6) is 0 Å². The summed E-state index contributed by atoms with van der Waals surface area (Å²) in [6.07, 6.45) is 0.939. The van der Waals surface area contributed by atoms with E-state index in [1.165, 1.54) is 0 Å². The zero-order valence-corrected chi connectivity index (χ0v) is 19.5. The Kier molecular flexibility index (Phi) is 7.14. The summed E-state index contributed by atoms with van der Waals surface area (Å²) in [5.41, 5.74) is 4.18. The van der Waals surface area contributed by atoms with Gasteiger partial charge in [-0.25, -0.2) is 14.6 Å². The first-order valence-corrected chi connectivity index (χ1v) is 11.5. The molecule has 9 heteroatoms. The van der Waals surface area contributed by atoms with Gasteiger partial charge < -0.3 is 24.9 Å². The number of alkyl carbamates (subject to hydrolysis) is 1. The van der Waals surface area contributed by atoms with Crippen molar-refractivity contribution in [3.05, 3.63) is 77.5 Å². The first kappa shape index (κ1) is 24.0. The lowest BCUT2D eigenvalue weighted by molar-refractivity contribution is -0.124. The lowest BCUT2D eigenvalue weighted by atomic mass is 9.98. The molecule has 0 spiro atoms. The molecule has 0 saturated heterocycles. The second-order valence-electron chi connectivity index (χ2n) is 8.48. The fraction of sp³-hybridized carbons (Fsp3) is 0.308. The normalized spacial score (nSPS) is 13.9. The Morgan fingerprint density at radius 1 is 1.09 bits per heavy atom. The van der Waals surface area contributed by atoms with Gasteiger partial charge in [-0.05, 0) is 28.2 Å². The summed E-state index contributed by atoms with van der Waals surface area (Å²) in [7, 11) is 0. The number of hydrogen-bond donors (Lipinski definition) is 3. The average Bonchev–Trinajstić information content (AvgIpc) is 3.47. The van der Waals surface area contributed by atoms with Crippen LogP contribution in [0, 0.1) is 5.92 Å². The molecule has 0 fully saturated rings. The minimum Gasteiger partial charge on any atom is -0.476 e. The van der Waals surface area contributed by atoms with Gasteiger partial charge in [0.15, 0.2) is 17.8 Å². The number of ether oxygens (including phenoxy) is 1. The molecular formula is C26H27N3O6. The van der Waals surface area contributed by atoms with Gasteiger partial charge in [-0.15, -0.1) is 0 Å². The molecule has 2 amide bonds. The quantitative estimate of drug-likeness (QED) is 0.425. The molecule has 0 radical (unpaired) electrons. The van der Waals surface area contributed by atoms with Crippen LogP contribution in [-0.2, 0) is 16.1 Å². The van der Waals surface area contributed by atoms with E-state index in [2.05, 4.69) is 27.8 Å². The standard InChI is InChI=1S/C26H27N3O6/c1-3-15(2)22(24(30)27-12-21-23(25(31)32)28-14-35-21)29-26(33)34-13-20-18-10-6-4-8-16(18)17-9-5-7-11-19(17)20/h4-11,14-15,20,22H,3,12-13H2,1-2H3,(H,27,30)(H,29,33)(H,31,32). The number of amides is 2.